The largest absolute Gasteiger partial charge is 0.472 e. The number of hydrogen-bond acceptors (Lipinski definition) is 6. The molecule has 9 heteroatoms. The molecule has 1 atom stereocenters. The molecule has 0 saturated heterocycles. The molecule has 3 rings (SSSR count). The molecule has 0 aromatic carbocycles. The lowest BCUT2D eigenvalue weighted by molar-refractivity contribution is 0.00434. The molecule has 3 heterocycles. The fourth-order valence-electron chi connectivity index (χ4n) is 2.06. The van der Waals surface area contributed by atoms with Crippen molar-refractivity contribution < 1.29 is 17.6 Å². The number of fused-ring (bicyclic) bond motifs is 1. The normalized spacial score (nSPS) is 18.9. The molecular formula is C11H14N4O4S. The highest BCUT2D eigenvalue weighted by Gasteiger charge is 2.25. The summed E-state index contributed by atoms with van der Waals surface area (Å²) in [5.41, 5.74) is 2.44. The van der Waals surface area contributed by atoms with E-state index in [4.69, 9.17) is 9.15 Å². The smallest absolute Gasteiger partial charge is 0.208 e. The van der Waals surface area contributed by atoms with Crippen molar-refractivity contribution in [3.8, 4) is 11.3 Å². The number of hydrogen-bond donors (Lipinski definition) is 1. The summed E-state index contributed by atoms with van der Waals surface area (Å²) in [4.78, 5) is 0. The number of aromatic nitrogens is 3. The summed E-state index contributed by atoms with van der Waals surface area (Å²) >= 11 is 0. The summed E-state index contributed by atoms with van der Waals surface area (Å²) in [5.74, 6) is 0. The molecule has 1 aliphatic rings. The number of nitrogens with zero attached hydrogens (tertiary/aromatic N) is 3. The van der Waals surface area contributed by atoms with Crippen molar-refractivity contribution in [2.24, 2.45) is 0 Å². The van der Waals surface area contributed by atoms with Crippen molar-refractivity contribution in [2.45, 2.75) is 19.3 Å². The molecule has 20 heavy (non-hydrogen) atoms. The summed E-state index contributed by atoms with van der Waals surface area (Å²) in [5, 5.41) is 8.19. The lowest BCUT2D eigenvalue weighted by atomic mass is 10.2. The fourth-order valence-corrected chi connectivity index (χ4v) is 2.54. The van der Waals surface area contributed by atoms with E-state index in [0.29, 0.717) is 13.2 Å². The van der Waals surface area contributed by atoms with Crippen molar-refractivity contribution in [3.05, 3.63) is 24.3 Å². The first-order valence-corrected chi connectivity index (χ1v) is 7.93. The van der Waals surface area contributed by atoms with Crippen molar-refractivity contribution in [1.82, 2.24) is 19.7 Å². The minimum Gasteiger partial charge on any atom is -0.472 e. The molecule has 0 fully saturated rings. The maximum atomic E-state index is 11.1. The molecule has 0 unspecified atom stereocenters. The molecule has 8 nitrogen and oxygen atoms in total. The van der Waals surface area contributed by atoms with Gasteiger partial charge < -0.3 is 9.15 Å². The highest BCUT2D eigenvalue weighted by molar-refractivity contribution is 7.88. The Bertz CT molecular complexity index is 692. The quantitative estimate of drug-likeness (QED) is 0.852. The van der Waals surface area contributed by atoms with Crippen LogP contribution in [0.5, 0.6) is 0 Å². The van der Waals surface area contributed by atoms with Gasteiger partial charge in [-0.25, -0.2) is 17.8 Å². The monoisotopic (exact) mass is 298 g/mol. The zero-order valence-electron chi connectivity index (χ0n) is 10.8. The Balaban J connectivity index is 1.74. The Morgan fingerprint density at radius 3 is 3.10 bits per heavy atom. The van der Waals surface area contributed by atoms with Crippen LogP contribution in [0, 0.1) is 0 Å². The van der Waals surface area contributed by atoms with Crippen LogP contribution in [-0.2, 0) is 27.9 Å². The van der Waals surface area contributed by atoms with Gasteiger partial charge in [0, 0.05) is 12.1 Å². The molecule has 0 radical (unpaired) electrons. The number of rotatable bonds is 4. The zero-order chi connectivity index (χ0) is 14.2. The molecule has 108 valence electrons. The predicted molar refractivity (Wildman–Crippen MR) is 69.1 cm³/mol. The standard InChI is InChI=1S/C11H14N4O4S/c1-20(16,17)12-4-9-5-15-10(7-19-9)11(13-14-15)8-2-3-18-6-8/h2-3,6,9,12H,4-5,7H2,1H3/t9-/m1/s1. The topological polar surface area (TPSA) is 99.2 Å². The first-order chi connectivity index (χ1) is 9.53. The maximum absolute atomic E-state index is 11.1. The molecule has 0 bridgehead atoms. The van der Waals surface area contributed by atoms with Crippen molar-refractivity contribution >= 4 is 10.0 Å². The molecular weight excluding hydrogens is 284 g/mol. The Morgan fingerprint density at radius 1 is 1.55 bits per heavy atom. The first-order valence-electron chi connectivity index (χ1n) is 6.04. The van der Waals surface area contributed by atoms with Crippen LogP contribution < -0.4 is 4.72 Å². The van der Waals surface area contributed by atoms with E-state index in [2.05, 4.69) is 15.0 Å². The molecule has 1 N–H and O–H groups in total. The summed E-state index contributed by atoms with van der Waals surface area (Å²) in [6.07, 6.45) is 4.04. The number of furan rings is 1. The summed E-state index contributed by atoms with van der Waals surface area (Å²) in [6.45, 7) is 1.02. The van der Waals surface area contributed by atoms with Crippen LogP contribution in [0.25, 0.3) is 11.3 Å². The lowest BCUT2D eigenvalue weighted by Crippen LogP contribution is -2.38. The molecule has 0 saturated carbocycles. The van der Waals surface area contributed by atoms with Gasteiger partial charge in [-0.3, -0.25) is 0 Å². The zero-order valence-corrected chi connectivity index (χ0v) is 11.6. The van der Waals surface area contributed by atoms with Gasteiger partial charge >= 0.3 is 0 Å². The van der Waals surface area contributed by atoms with Crippen molar-refractivity contribution in [2.75, 3.05) is 12.8 Å². The summed E-state index contributed by atoms with van der Waals surface area (Å²) < 4.78 is 37.0. The second kappa shape index (κ2) is 5.00. The van der Waals surface area contributed by atoms with Crippen LogP contribution in [0.4, 0.5) is 0 Å². The van der Waals surface area contributed by atoms with Crippen LogP contribution in [0.15, 0.2) is 23.0 Å². The van der Waals surface area contributed by atoms with Gasteiger partial charge in [-0.2, -0.15) is 0 Å². The van der Waals surface area contributed by atoms with Crippen LogP contribution in [0.2, 0.25) is 0 Å². The van der Waals surface area contributed by atoms with Crippen LogP contribution in [-0.4, -0.2) is 42.3 Å². The minimum absolute atomic E-state index is 0.221. The van der Waals surface area contributed by atoms with Gasteiger partial charge in [0.05, 0.1) is 43.7 Å². The molecule has 2 aromatic rings. The van der Waals surface area contributed by atoms with E-state index in [9.17, 15) is 8.42 Å². The van der Waals surface area contributed by atoms with E-state index in [0.717, 1.165) is 23.2 Å². The van der Waals surface area contributed by atoms with E-state index < -0.39 is 10.0 Å². The van der Waals surface area contributed by atoms with Gasteiger partial charge in [-0.1, -0.05) is 5.21 Å². The Kier molecular flexibility index (Phi) is 3.32. The molecule has 0 amide bonds. The number of nitrogens with one attached hydrogen (secondary N) is 1. The fraction of sp³-hybridized carbons (Fsp3) is 0.455. The van der Waals surface area contributed by atoms with Gasteiger partial charge in [0.1, 0.15) is 5.69 Å². The summed E-state index contributed by atoms with van der Waals surface area (Å²) in [6, 6.07) is 1.81. The van der Waals surface area contributed by atoms with Crippen molar-refractivity contribution in [3.63, 3.8) is 0 Å². The highest BCUT2D eigenvalue weighted by atomic mass is 32.2. The second-order valence-electron chi connectivity index (χ2n) is 4.63. The molecule has 1 aliphatic heterocycles. The van der Waals surface area contributed by atoms with Crippen LogP contribution in [0.3, 0.4) is 0 Å². The van der Waals surface area contributed by atoms with Crippen LogP contribution >= 0.6 is 0 Å². The van der Waals surface area contributed by atoms with E-state index >= 15 is 0 Å². The Morgan fingerprint density at radius 2 is 2.40 bits per heavy atom. The third-order valence-electron chi connectivity index (χ3n) is 3.04. The van der Waals surface area contributed by atoms with Gasteiger partial charge in [-0.05, 0) is 6.07 Å². The van der Waals surface area contributed by atoms with E-state index in [1.165, 1.54) is 0 Å². The van der Waals surface area contributed by atoms with E-state index in [-0.39, 0.29) is 12.6 Å². The second-order valence-corrected chi connectivity index (χ2v) is 6.47. The van der Waals surface area contributed by atoms with Crippen molar-refractivity contribution in [1.29, 1.82) is 0 Å². The van der Waals surface area contributed by atoms with Gasteiger partial charge in [0.25, 0.3) is 0 Å². The SMILES string of the molecule is CS(=O)(=O)NC[C@@H]1Cn2nnc(-c3ccoc3)c2CO1. The highest BCUT2D eigenvalue weighted by Crippen LogP contribution is 2.25. The minimum atomic E-state index is -3.22. The Labute approximate surface area is 115 Å². The Hall–Kier alpha value is -1.71. The average Bonchev–Trinajstić information content (AvgIpc) is 3.03. The van der Waals surface area contributed by atoms with E-state index in [1.807, 2.05) is 6.07 Å². The summed E-state index contributed by atoms with van der Waals surface area (Å²) in [7, 11) is -3.22. The van der Waals surface area contributed by atoms with Crippen LogP contribution in [0.1, 0.15) is 5.69 Å². The predicted octanol–water partition coefficient (Wildman–Crippen LogP) is -0.0139. The maximum Gasteiger partial charge on any atom is 0.208 e. The van der Waals surface area contributed by atoms with Gasteiger partial charge in [-0.15, -0.1) is 5.10 Å². The molecule has 0 aliphatic carbocycles. The third kappa shape index (κ3) is 2.74. The average molecular weight is 298 g/mol. The number of ether oxygens (including phenoxy) is 1. The van der Waals surface area contributed by atoms with Gasteiger partial charge in [0.2, 0.25) is 10.0 Å². The van der Waals surface area contributed by atoms with Gasteiger partial charge in [0.15, 0.2) is 0 Å². The first kappa shape index (κ1) is 13.3. The third-order valence-corrected chi connectivity index (χ3v) is 3.73. The molecule has 0 spiro atoms. The molecule has 2 aromatic heterocycles. The van der Waals surface area contributed by atoms with E-state index in [1.54, 1.807) is 17.2 Å². The number of sulfonamides is 1. The lowest BCUT2D eigenvalue weighted by Gasteiger charge is -2.23.